The van der Waals surface area contributed by atoms with Crippen molar-refractivity contribution < 1.29 is 4.39 Å². The van der Waals surface area contributed by atoms with E-state index in [2.05, 4.69) is 20.9 Å². The minimum Gasteiger partial charge on any atom is -0.232 e. The van der Waals surface area contributed by atoms with Crippen molar-refractivity contribution in [3.8, 4) is 10.4 Å². The largest absolute Gasteiger partial charge is 0.232 e. The molecule has 1 heterocycles. The zero-order valence-electron chi connectivity index (χ0n) is 7.51. The number of alkyl halides is 1. The second-order valence-electron chi connectivity index (χ2n) is 2.89. The van der Waals surface area contributed by atoms with Crippen molar-refractivity contribution in [2.75, 3.05) is 0 Å². The summed E-state index contributed by atoms with van der Waals surface area (Å²) in [5.41, 5.74) is 1.59. The Kier molecular flexibility index (Phi) is 3.38. The van der Waals surface area contributed by atoms with Crippen molar-refractivity contribution in [3.63, 3.8) is 0 Å². The van der Waals surface area contributed by atoms with Gasteiger partial charge in [-0.1, -0.05) is 12.1 Å². The molecule has 0 atom stereocenters. The number of hydrogen-bond donors (Lipinski definition) is 0. The summed E-state index contributed by atoms with van der Waals surface area (Å²) in [6.45, 7) is 0. The van der Waals surface area contributed by atoms with E-state index < -0.39 is 0 Å². The molecule has 0 fully saturated rings. The van der Waals surface area contributed by atoms with Gasteiger partial charge in [0.25, 0.3) is 0 Å². The van der Waals surface area contributed by atoms with Gasteiger partial charge in [0.05, 0.1) is 16.5 Å². The summed E-state index contributed by atoms with van der Waals surface area (Å²) in [4.78, 5) is 5.13. The van der Waals surface area contributed by atoms with Gasteiger partial charge in [0.1, 0.15) is 5.82 Å². The van der Waals surface area contributed by atoms with Crippen molar-refractivity contribution >= 4 is 38.9 Å². The molecule has 0 amide bonds. The average molecular weight is 307 g/mol. The van der Waals surface area contributed by atoms with E-state index in [1.807, 2.05) is 6.07 Å². The van der Waals surface area contributed by atoms with Crippen LogP contribution in [0.25, 0.3) is 10.4 Å². The summed E-state index contributed by atoms with van der Waals surface area (Å²) in [7, 11) is 0. The van der Waals surface area contributed by atoms with Gasteiger partial charge in [-0.25, -0.2) is 9.37 Å². The maximum absolute atomic E-state index is 13.0. The Labute approximate surface area is 104 Å². The zero-order chi connectivity index (χ0) is 10.8. The summed E-state index contributed by atoms with van der Waals surface area (Å²) >= 11 is 10.5. The molecule has 2 rings (SSSR count). The summed E-state index contributed by atoms with van der Waals surface area (Å²) in [6.07, 6.45) is 0. The first-order valence-corrected chi connectivity index (χ1v) is 6.32. The molecule has 0 saturated carbocycles. The van der Waals surface area contributed by atoms with Crippen LogP contribution in [0.2, 0.25) is 0 Å². The minimum absolute atomic E-state index is 0.252. The van der Waals surface area contributed by atoms with Crippen molar-refractivity contribution in [3.05, 3.63) is 39.7 Å². The first kappa shape index (κ1) is 11.0. The standard InChI is InChI=1S/C10H6BrClFNS/c11-10-14-8(5-12)9(15-10)6-2-1-3-7(13)4-6/h1-4H,5H2. The molecular weight excluding hydrogens is 301 g/mol. The third-order valence-electron chi connectivity index (χ3n) is 1.88. The van der Waals surface area contributed by atoms with Crippen LogP contribution in [-0.2, 0) is 5.88 Å². The van der Waals surface area contributed by atoms with E-state index in [1.54, 1.807) is 6.07 Å². The van der Waals surface area contributed by atoms with Gasteiger partial charge in [-0.05, 0) is 33.6 Å². The van der Waals surface area contributed by atoms with Crippen molar-refractivity contribution in [1.82, 2.24) is 4.98 Å². The minimum atomic E-state index is -0.252. The quantitative estimate of drug-likeness (QED) is 0.747. The Morgan fingerprint density at radius 2 is 2.27 bits per heavy atom. The maximum Gasteiger partial charge on any atom is 0.159 e. The van der Waals surface area contributed by atoms with Crippen LogP contribution in [0.3, 0.4) is 0 Å². The van der Waals surface area contributed by atoms with Gasteiger partial charge >= 0.3 is 0 Å². The number of aromatic nitrogens is 1. The normalized spacial score (nSPS) is 10.6. The van der Waals surface area contributed by atoms with E-state index in [-0.39, 0.29) is 5.82 Å². The van der Waals surface area contributed by atoms with Gasteiger partial charge in [0.2, 0.25) is 0 Å². The molecule has 0 radical (unpaired) electrons. The Hall–Kier alpha value is -0.450. The fraction of sp³-hybridized carbons (Fsp3) is 0.100. The number of halogens is 3. The van der Waals surface area contributed by atoms with Crippen LogP contribution in [0.1, 0.15) is 5.69 Å². The Morgan fingerprint density at radius 1 is 1.47 bits per heavy atom. The van der Waals surface area contributed by atoms with E-state index >= 15 is 0 Å². The van der Waals surface area contributed by atoms with Crippen molar-refractivity contribution in [2.45, 2.75) is 5.88 Å². The fourth-order valence-electron chi connectivity index (χ4n) is 1.27. The molecule has 5 heteroatoms. The van der Waals surface area contributed by atoms with Gasteiger partial charge in [0, 0.05) is 0 Å². The molecule has 15 heavy (non-hydrogen) atoms. The third-order valence-corrected chi connectivity index (χ3v) is 3.74. The lowest BCUT2D eigenvalue weighted by molar-refractivity contribution is 0.628. The molecule has 0 unspecified atom stereocenters. The molecule has 0 bridgehead atoms. The average Bonchev–Trinajstić information content (AvgIpc) is 2.59. The highest BCUT2D eigenvalue weighted by atomic mass is 79.9. The highest BCUT2D eigenvalue weighted by molar-refractivity contribution is 9.11. The summed E-state index contributed by atoms with van der Waals surface area (Å²) < 4.78 is 13.8. The second kappa shape index (κ2) is 4.60. The number of thiazole rings is 1. The van der Waals surface area contributed by atoms with Gasteiger partial charge < -0.3 is 0 Å². The SMILES string of the molecule is Fc1cccc(-c2sc(Br)nc2CCl)c1. The number of nitrogens with zero attached hydrogens (tertiary/aromatic N) is 1. The lowest BCUT2D eigenvalue weighted by Crippen LogP contribution is -1.83. The Bertz CT molecular complexity index is 486. The smallest absolute Gasteiger partial charge is 0.159 e. The van der Waals surface area contributed by atoms with Crippen LogP contribution in [0.5, 0.6) is 0 Å². The first-order valence-electron chi connectivity index (χ1n) is 4.18. The molecule has 2 aromatic rings. The van der Waals surface area contributed by atoms with Crippen LogP contribution < -0.4 is 0 Å². The van der Waals surface area contributed by atoms with Gasteiger partial charge in [-0.15, -0.1) is 22.9 Å². The molecule has 78 valence electrons. The molecule has 0 spiro atoms. The number of benzene rings is 1. The predicted octanol–water partition coefficient (Wildman–Crippen LogP) is 4.45. The van der Waals surface area contributed by atoms with Crippen molar-refractivity contribution in [1.29, 1.82) is 0 Å². The van der Waals surface area contributed by atoms with E-state index in [0.717, 1.165) is 20.1 Å². The Morgan fingerprint density at radius 3 is 2.93 bits per heavy atom. The van der Waals surface area contributed by atoms with Gasteiger partial charge in [-0.2, -0.15) is 0 Å². The van der Waals surface area contributed by atoms with Crippen molar-refractivity contribution in [2.24, 2.45) is 0 Å². The zero-order valence-corrected chi connectivity index (χ0v) is 10.7. The number of rotatable bonds is 2. The van der Waals surface area contributed by atoms with Crippen LogP contribution in [0, 0.1) is 5.82 Å². The highest BCUT2D eigenvalue weighted by Crippen LogP contribution is 2.33. The molecule has 0 aliphatic heterocycles. The van der Waals surface area contributed by atoms with E-state index in [4.69, 9.17) is 11.6 Å². The van der Waals surface area contributed by atoms with E-state index in [1.165, 1.54) is 23.5 Å². The first-order chi connectivity index (χ1) is 7.20. The number of hydrogen-bond acceptors (Lipinski definition) is 2. The van der Waals surface area contributed by atoms with Crippen LogP contribution >= 0.6 is 38.9 Å². The predicted molar refractivity (Wildman–Crippen MR) is 64.8 cm³/mol. The molecule has 0 saturated heterocycles. The molecule has 1 aromatic heterocycles. The highest BCUT2D eigenvalue weighted by Gasteiger charge is 2.11. The fourth-order valence-corrected chi connectivity index (χ4v) is 3.05. The van der Waals surface area contributed by atoms with Gasteiger partial charge in [-0.3, -0.25) is 0 Å². The van der Waals surface area contributed by atoms with E-state index in [0.29, 0.717) is 5.88 Å². The van der Waals surface area contributed by atoms with Crippen LogP contribution in [0.4, 0.5) is 4.39 Å². The maximum atomic E-state index is 13.0. The Balaban J connectivity index is 2.53. The lowest BCUT2D eigenvalue weighted by Gasteiger charge is -1.99. The summed E-state index contributed by atoms with van der Waals surface area (Å²) in [5, 5.41) is 0. The lowest BCUT2D eigenvalue weighted by atomic mass is 10.1. The van der Waals surface area contributed by atoms with E-state index in [9.17, 15) is 4.39 Å². The topological polar surface area (TPSA) is 12.9 Å². The molecule has 1 aromatic carbocycles. The van der Waals surface area contributed by atoms with Crippen LogP contribution in [-0.4, -0.2) is 4.98 Å². The molecular formula is C10H6BrClFNS. The molecule has 1 nitrogen and oxygen atoms in total. The molecule has 0 aliphatic rings. The third kappa shape index (κ3) is 2.38. The molecule has 0 N–H and O–H groups in total. The van der Waals surface area contributed by atoms with Gasteiger partial charge in [0.15, 0.2) is 3.92 Å². The summed E-state index contributed by atoms with van der Waals surface area (Å²) in [6, 6.07) is 6.42. The summed E-state index contributed by atoms with van der Waals surface area (Å²) in [5.74, 6) is 0.0751. The van der Waals surface area contributed by atoms with Crippen LogP contribution in [0.15, 0.2) is 28.2 Å². The molecule has 0 aliphatic carbocycles. The second-order valence-corrected chi connectivity index (χ2v) is 5.43. The monoisotopic (exact) mass is 305 g/mol.